The highest BCUT2D eigenvalue weighted by Crippen LogP contribution is 2.13. The SMILES string of the molecule is CC(=O)[N]NC(=N)c1ncc([N+](=O)[O-])n1CCO. The van der Waals surface area contributed by atoms with Crippen molar-refractivity contribution < 1.29 is 14.8 Å². The van der Waals surface area contributed by atoms with Crippen molar-refractivity contribution >= 4 is 17.6 Å². The summed E-state index contributed by atoms with van der Waals surface area (Å²) in [5.41, 5.74) is 5.38. The van der Waals surface area contributed by atoms with Crippen molar-refractivity contribution in [2.24, 2.45) is 0 Å². The van der Waals surface area contributed by atoms with Gasteiger partial charge in [0.1, 0.15) is 12.7 Å². The summed E-state index contributed by atoms with van der Waals surface area (Å²) in [6.45, 7) is 0.750. The van der Waals surface area contributed by atoms with Crippen LogP contribution in [-0.2, 0) is 11.3 Å². The van der Waals surface area contributed by atoms with Crippen molar-refractivity contribution in [3.05, 3.63) is 22.1 Å². The number of carbonyl (C=O) groups is 1. The number of imidazole rings is 1. The Hall–Kier alpha value is -2.49. The molecule has 97 valence electrons. The normalized spacial score (nSPS) is 9.89. The van der Waals surface area contributed by atoms with E-state index in [1.165, 1.54) is 6.92 Å². The number of hydrogen-bond donors (Lipinski definition) is 3. The van der Waals surface area contributed by atoms with Crippen LogP contribution in [0.4, 0.5) is 5.82 Å². The van der Waals surface area contributed by atoms with E-state index in [2.05, 4.69) is 15.8 Å². The molecule has 18 heavy (non-hydrogen) atoms. The van der Waals surface area contributed by atoms with E-state index < -0.39 is 10.8 Å². The molecule has 0 fully saturated rings. The minimum Gasteiger partial charge on any atom is -0.392 e. The van der Waals surface area contributed by atoms with Gasteiger partial charge in [-0.05, 0) is 4.92 Å². The van der Waals surface area contributed by atoms with Crippen molar-refractivity contribution in [3.63, 3.8) is 0 Å². The van der Waals surface area contributed by atoms with Gasteiger partial charge in [0.15, 0.2) is 0 Å². The van der Waals surface area contributed by atoms with Crippen molar-refractivity contribution in [1.29, 1.82) is 5.41 Å². The molecule has 0 aromatic carbocycles. The maximum absolute atomic E-state index is 10.7. The van der Waals surface area contributed by atoms with E-state index in [1.807, 2.05) is 0 Å². The van der Waals surface area contributed by atoms with Gasteiger partial charge < -0.3 is 15.2 Å². The maximum Gasteiger partial charge on any atom is 0.343 e. The number of aromatic nitrogens is 2. The second-order valence-electron chi connectivity index (χ2n) is 3.19. The number of hydrogen-bond acceptors (Lipinski definition) is 6. The molecular weight excluding hydrogens is 244 g/mol. The van der Waals surface area contributed by atoms with Crippen LogP contribution in [0.3, 0.4) is 0 Å². The summed E-state index contributed by atoms with van der Waals surface area (Å²) in [4.78, 5) is 24.3. The first kappa shape index (κ1) is 13.6. The molecule has 1 heterocycles. The number of aliphatic hydroxyl groups excluding tert-OH is 1. The Morgan fingerprint density at radius 2 is 2.44 bits per heavy atom. The lowest BCUT2D eigenvalue weighted by Gasteiger charge is -2.04. The number of carbonyl (C=O) groups excluding carboxylic acids is 1. The number of amides is 1. The zero-order valence-corrected chi connectivity index (χ0v) is 9.45. The number of aliphatic hydroxyl groups is 1. The zero-order chi connectivity index (χ0) is 13.7. The van der Waals surface area contributed by atoms with Gasteiger partial charge in [-0.25, -0.2) is 9.55 Å². The summed E-state index contributed by atoms with van der Waals surface area (Å²) in [5.74, 6) is -1.35. The quantitative estimate of drug-likeness (QED) is 0.265. The summed E-state index contributed by atoms with van der Waals surface area (Å²) < 4.78 is 1.05. The van der Waals surface area contributed by atoms with Gasteiger partial charge in [0.05, 0.1) is 6.61 Å². The fourth-order valence-corrected chi connectivity index (χ4v) is 1.22. The van der Waals surface area contributed by atoms with Crippen LogP contribution in [0.25, 0.3) is 0 Å². The molecular formula is C8H11N6O4. The standard InChI is InChI=1S/C8H11N6O4/c1-5(16)11-12-7(9)8-10-4-6(14(17)18)13(8)2-3-15/h4,15H,2-3H2,1H3,(H2,9,12). The third-order valence-corrected chi connectivity index (χ3v) is 1.89. The van der Waals surface area contributed by atoms with Crippen LogP contribution in [0.2, 0.25) is 0 Å². The third kappa shape index (κ3) is 3.01. The fraction of sp³-hybridized carbons (Fsp3) is 0.375. The van der Waals surface area contributed by atoms with Crippen molar-refractivity contribution in [2.75, 3.05) is 6.61 Å². The van der Waals surface area contributed by atoms with Crippen LogP contribution < -0.4 is 10.9 Å². The lowest BCUT2D eigenvalue weighted by Crippen LogP contribution is -2.36. The fourth-order valence-electron chi connectivity index (χ4n) is 1.22. The summed E-state index contributed by atoms with van der Waals surface area (Å²) in [6.07, 6.45) is 0.967. The first-order valence-corrected chi connectivity index (χ1v) is 4.84. The molecule has 10 heteroatoms. The molecule has 10 nitrogen and oxygen atoms in total. The highest BCUT2D eigenvalue weighted by Gasteiger charge is 2.23. The molecule has 0 saturated heterocycles. The lowest BCUT2D eigenvalue weighted by atomic mass is 10.5. The molecule has 0 unspecified atom stereocenters. The smallest absolute Gasteiger partial charge is 0.343 e. The monoisotopic (exact) mass is 255 g/mol. The van der Waals surface area contributed by atoms with Crippen LogP contribution in [0.5, 0.6) is 0 Å². The van der Waals surface area contributed by atoms with Crippen molar-refractivity contribution in [2.45, 2.75) is 13.5 Å². The Morgan fingerprint density at radius 3 is 2.94 bits per heavy atom. The Bertz CT molecular complexity index is 482. The topological polar surface area (TPSA) is 148 Å². The molecule has 1 aromatic rings. The predicted octanol–water partition coefficient (Wildman–Crippen LogP) is -1.24. The van der Waals surface area contributed by atoms with Gasteiger partial charge in [0.25, 0.3) is 11.7 Å². The molecule has 0 saturated carbocycles. The van der Waals surface area contributed by atoms with E-state index in [1.54, 1.807) is 0 Å². The van der Waals surface area contributed by atoms with Gasteiger partial charge in [-0.2, -0.15) is 0 Å². The van der Waals surface area contributed by atoms with E-state index >= 15 is 0 Å². The number of rotatable bonds is 4. The molecule has 1 aromatic heterocycles. The molecule has 3 N–H and O–H groups in total. The van der Waals surface area contributed by atoms with Gasteiger partial charge in [-0.3, -0.25) is 15.6 Å². The van der Waals surface area contributed by atoms with Crippen LogP contribution >= 0.6 is 0 Å². The minimum absolute atomic E-state index is 0.0826. The average Bonchev–Trinajstić information content (AvgIpc) is 2.70. The number of amidine groups is 1. The summed E-state index contributed by atoms with van der Waals surface area (Å²) >= 11 is 0. The Kier molecular flexibility index (Phi) is 4.32. The summed E-state index contributed by atoms with van der Waals surface area (Å²) in [6, 6.07) is 0. The molecule has 0 aliphatic rings. The molecule has 0 spiro atoms. The Balaban J connectivity index is 2.97. The van der Waals surface area contributed by atoms with Gasteiger partial charge >= 0.3 is 5.82 Å². The van der Waals surface area contributed by atoms with Crippen LogP contribution in [0, 0.1) is 15.5 Å². The van der Waals surface area contributed by atoms with Gasteiger partial charge in [-0.15, -0.1) is 5.43 Å². The van der Waals surface area contributed by atoms with E-state index in [0.29, 0.717) is 0 Å². The zero-order valence-electron chi connectivity index (χ0n) is 9.45. The predicted molar refractivity (Wildman–Crippen MR) is 58.7 cm³/mol. The van der Waals surface area contributed by atoms with E-state index in [4.69, 9.17) is 10.5 Å². The molecule has 1 amide bonds. The molecule has 1 radical (unpaired) electrons. The lowest BCUT2D eigenvalue weighted by molar-refractivity contribution is -0.392. The second kappa shape index (κ2) is 5.72. The van der Waals surface area contributed by atoms with Crippen LogP contribution in [0.1, 0.15) is 12.7 Å². The summed E-state index contributed by atoms with van der Waals surface area (Å²) in [7, 11) is 0. The van der Waals surface area contributed by atoms with Gasteiger partial charge in [0, 0.05) is 6.92 Å². The van der Waals surface area contributed by atoms with Crippen LogP contribution in [-0.4, -0.2) is 37.9 Å². The van der Waals surface area contributed by atoms with Gasteiger partial charge in [-0.1, -0.05) is 0 Å². The highest BCUT2D eigenvalue weighted by molar-refractivity contribution is 5.94. The van der Waals surface area contributed by atoms with Gasteiger partial charge in [0.2, 0.25) is 5.84 Å². The average molecular weight is 255 g/mol. The highest BCUT2D eigenvalue weighted by atomic mass is 16.6. The number of nitrogens with zero attached hydrogens (tertiary/aromatic N) is 4. The summed E-state index contributed by atoms with van der Waals surface area (Å²) in [5, 5.41) is 27.1. The molecule has 0 aliphatic heterocycles. The first-order valence-electron chi connectivity index (χ1n) is 4.84. The molecule has 0 bridgehead atoms. The number of nitro groups is 1. The molecule has 0 atom stereocenters. The molecule has 0 aliphatic carbocycles. The third-order valence-electron chi connectivity index (χ3n) is 1.89. The molecule has 1 rings (SSSR count). The Morgan fingerprint density at radius 1 is 1.78 bits per heavy atom. The van der Waals surface area contributed by atoms with E-state index in [9.17, 15) is 14.9 Å². The van der Waals surface area contributed by atoms with E-state index in [0.717, 1.165) is 10.8 Å². The van der Waals surface area contributed by atoms with E-state index in [-0.39, 0.29) is 30.6 Å². The largest absolute Gasteiger partial charge is 0.392 e. The van der Waals surface area contributed by atoms with Crippen LogP contribution in [0.15, 0.2) is 6.20 Å². The van der Waals surface area contributed by atoms with Crippen molar-refractivity contribution in [3.8, 4) is 0 Å². The first-order chi connectivity index (χ1) is 8.47. The minimum atomic E-state index is -0.679. The van der Waals surface area contributed by atoms with Crippen molar-refractivity contribution in [1.82, 2.24) is 20.4 Å². The maximum atomic E-state index is 10.7. The Labute approximate surface area is 101 Å². The second-order valence-corrected chi connectivity index (χ2v) is 3.19. The number of nitrogens with one attached hydrogen (secondary N) is 2.